The van der Waals surface area contributed by atoms with E-state index < -0.39 is 0 Å². The largest absolute Gasteiger partial charge is 0.262 e. The van der Waals surface area contributed by atoms with Crippen molar-refractivity contribution in [3.63, 3.8) is 0 Å². The molecule has 1 aromatic carbocycles. The van der Waals surface area contributed by atoms with Crippen molar-refractivity contribution < 1.29 is 0 Å². The van der Waals surface area contributed by atoms with Crippen LogP contribution in [0.4, 0.5) is 0 Å². The maximum atomic E-state index is 10.1. The molecule has 1 heterocycles. The fourth-order valence-electron chi connectivity index (χ4n) is 5.09. The first-order valence-electron chi connectivity index (χ1n) is 10.6. The molecule has 3 heteroatoms. The van der Waals surface area contributed by atoms with Crippen LogP contribution in [0.2, 0.25) is 0 Å². The average Bonchev–Trinajstić information content (AvgIpc) is 3.07. The Hall–Kier alpha value is -1.82. The van der Waals surface area contributed by atoms with E-state index in [1.165, 1.54) is 54.3 Å². The van der Waals surface area contributed by atoms with Crippen LogP contribution in [0.3, 0.4) is 0 Å². The second-order valence-electron chi connectivity index (χ2n) is 8.65. The summed E-state index contributed by atoms with van der Waals surface area (Å²) >= 11 is 0. The van der Waals surface area contributed by atoms with Gasteiger partial charge >= 0.3 is 0 Å². The van der Waals surface area contributed by atoms with Crippen LogP contribution in [0.5, 0.6) is 0 Å². The molecular weight excluding hydrogens is 318 g/mol. The highest BCUT2D eigenvalue weighted by Crippen LogP contribution is 2.42. The molecule has 0 radical (unpaired) electrons. The molecule has 2 fully saturated rings. The summed E-state index contributed by atoms with van der Waals surface area (Å²) < 4.78 is 2.31. The lowest BCUT2D eigenvalue weighted by atomic mass is 9.68. The zero-order valence-corrected chi connectivity index (χ0v) is 16.3. The van der Waals surface area contributed by atoms with Crippen LogP contribution < -0.4 is 0 Å². The van der Waals surface area contributed by atoms with Gasteiger partial charge in [0.15, 0.2) is 0 Å². The van der Waals surface area contributed by atoms with Gasteiger partial charge < -0.3 is 0 Å². The van der Waals surface area contributed by atoms with Gasteiger partial charge in [-0.15, -0.1) is 0 Å². The number of aryl methyl sites for hydroxylation is 1. The third-order valence-electron chi connectivity index (χ3n) is 6.93. The molecule has 1 aromatic heterocycles. The van der Waals surface area contributed by atoms with Gasteiger partial charge in [0.1, 0.15) is 0 Å². The number of hydrogen-bond acceptors (Lipinski definition) is 2. The molecule has 2 aromatic rings. The van der Waals surface area contributed by atoms with E-state index in [9.17, 15) is 5.26 Å². The summed E-state index contributed by atoms with van der Waals surface area (Å²) in [6.45, 7) is 4.51. The molecule has 0 unspecified atom stereocenters. The molecule has 0 N–H and O–H groups in total. The molecule has 2 aliphatic rings. The molecule has 3 nitrogen and oxygen atoms in total. The van der Waals surface area contributed by atoms with Crippen LogP contribution in [-0.2, 0) is 11.8 Å². The van der Waals surface area contributed by atoms with Crippen LogP contribution in [0.25, 0.3) is 10.9 Å². The van der Waals surface area contributed by atoms with Crippen molar-refractivity contribution in [2.24, 2.45) is 5.92 Å². The number of nitriles is 1. The van der Waals surface area contributed by atoms with Crippen molar-refractivity contribution in [3.05, 3.63) is 29.5 Å². The summed E-state index contributed by atoms with van der Waals surface area (Å²) in [5.74, 6) is 0.750. The topological polar surface area (TPSA) is 41.6 Å². The third kappa shape index (κ3) is 2.94. The molecule has 0 saturated heterocycles. The minimum atomic E-state index is -0.297. The van der Waals surface area contributed by atoms with Gasteiger partial charge in [-0.05, 0) is 62.5 Å². The smallest absolute Gasteiger partial charge is 0.0823 e. The Kier molecular flexibility index (Phi) is 4.78. The third-order valence-corrected chi connectivity index (χ3v) is 6.93. The van der Waals surface area contributed by atoms with E-state index in [0.29, 0.717) is 6.04 Å². The summed E-state index contributed by atoms with van der Waals surface area (Å²) in [6, 6.07) is 10.0. The van der Waals surface area contributed by atoms with Crippen molar-refractivity contribution >= 4 is 10.9 Å². The highest BCUT2D eigenvalue weighted by atomic mass is 15.3. The number of benzene rings is 1. The lowest BCUT2D eigenvalue weighted by molar-refractivity contribution is 0.294. The Morgan fingerprint density at radius 2 is 1.88 bits per heavy atom. The Morgan fingerprint density at radius 1 is 1.15 bits per heavy atom. The normalized spacial score (nSPS) is 27.5. The Bertz CT molecular complexity index is 812. The Labute approximate surface area is 157 Å². The average molecular weight is 350 g/mol. The van der Waals surface area contributed by atoms with Gasteiger partial charge in [-0.25, -0.2) is 0 Å². The summed E-state index contributed by atoms with van der Waals surface area (Å²) in [5.41, 5.74) is 3.40. The van der Waals surface area contributed by atoms with Gasteiger partial charge in [0.2, 0.25) is 0 Å². The van der Waals surface area contributed by atoms with Crippen molar-refractivity contribution in [2.75, 3.05) is 0 Å². The highest BCUT2D eigenvalue weighted by Gasteiger charge is 2.36. The molecule has 2 saturated carbocycles. The van der Waals surface area contributed by atoms with Crippen molar-refractivity contribution in [2.45, 2.75) is 89.5 Å². The number of rotatable bonds is 3. The lowest BCUT2D eigenvalue weighted by Gasteiger charge is -2.34. The van der Waals surface area contributed by atoms with Gasteiger partial charge in [-0.3, -0.25) is 4.68 Å². The van der Waals surface area contributed by atoms with Crippen LogP contribution in [0.1, 0.15) is 88.9 Å². The molecule has 2 aliphatic carbocycles. The first kappa shape index (κ1) is 17.6. The molecular formula is C23H31N3. The summed E-state index contributed by atoms with van der Waals surface area (Å²) in [5, 5.41) is 16.4. The summed E-state index contributed by atoms with van der Waals surface area (Å²) in [6.07, 6.45) is 11.7. The van der Waals surface area contributed by atoms with Crippen molar-refractivity contribution in [3.8, 4) is 6.07 Å². The van der Waals surface area contributed by atoms with E-state index in [-0.39, 0.29) is 5.41 Å². The van der Waals surface area contributed by atoms with Crippen molar-refractivity contribution in [1.29, 1.82) is 5.26 Å². The maximum absolute atomic E-state index is 10.1. The van der Waals surface area contributed by atoms with Gasteiger partial charge in [-0.2, -0.15) is 10.4 Å². The lowest BCUT2D eigenvalue weighted by Crippen LogP contribution is -2.29. The minimum absolute atomic E-state index is 0.297. The minimum Gasteiger partial charge on any atom is -0.262 e. The molecule has 0 spiro atoms. The van der Waals surface area contributed by atoms with E-state index in [1.807, 2.05) is 0 Å². The predicted octanol–water partition coefficient (Wildman–Crippen LogP) is 6.08. The van der Waals surface area contributed by atoms with Gasteiger partial charge in [0.05, 0.1) is 28.7 Å². The van der Waals surface area contributed by atoms with E-state index in [4.69, 9.17) is 5.10 Å². The van der Waals surface area contributed by atoms with Crippen LogP contribution in [0.15, 0.2) is 18.2 Å². The van der Waals surface area contributed by atoms with E-state index in [0.717, 1.165) is 38.0 Å². The van der Waals surface area contributed by atoms with Crippen LogP contribution in [-0.4, -0.2) is 9.78 Å². The first-order valence-corrected chi connectivity index (χ1v) is 10.6. The van der Waals surface area contributed by atoms with Crippen LogP contribution in [0, 0.1) is 17.2 Å². The summed E-state index contributed by atoms with van der Waals surface area (Å²) in [7, 11) is 0. The Balaban J connectivity index is 1.79. The fourth-order valence-corrected chi connectivity index (χ4v) is 5.09. The molecule has 0 atom stereocenters. The predicted molar refractivity (Wildman–Crippen MR) is 106 cm³/mol. The van der Waals surface area contributed by atoms with Crippen molar-refractivity contribution in [1.82, 2.24) is 9.78 Å². The van der Waals surface area contributed by atoms with Gasteiger partial charge in [0.25, 0.3) is 0 Å². The maximum Gasteiger partial charge on any atom is 0.0823 e. The zero-order valence-electron chi connectivity index (χ0n) is 16.3. The fraction of sp³-hybridized carbons (Fsp3) is 0.652. The molecule has 0 bridgehead atoms. The second-order valence-corrected chi connectivity index (χ2v) is 8.65. The van der Waals surface area contributed by atoms with Gasteiger partial charge in [-0.1, -0.05) is 45.2 Å². The quantitative estimate of drug-likeness (QED) is 0.674. The van der Waals surface area contributed by atoms with E-state index in [2.05, 4.69) is 42.8 Å². The van der Waals surface area contributed by atoms with Crippen LogP contribution >= 0.6 is 0 Å². The standard InChI is InChI=1S/C23H31N3/c1-3-21-20-10-9-18(23(16-24)13-11-17(2)12-14-23)15-22(20)26(25-21)19-7-5-4-6-8-19/h9-10,15,17,19H,3-8,11-14H2,1-2H3. The number of aromatic nitrogens is 2. The first-order chi connectivity index (χ1) is 12.7. The zero-order chi connectivity index (χ0) is 18.1. The van der Waals surface area contributed by atoms with Gasteiger partial charge in [0, 0.05) is 5.39 Å². The number of fused-ring (bicyclic) bond motifs is 1. The molecule has 4 rings (SSSR count). The number of nitrogens with zero attached hydrogens (tertiary/aromatic N) is 3. The molecule has 26 heavy (non-hydrogen) atoms. The molecule has 138 valence electrons. The SMILES string of the molecule is CCc1nn(C2CCCCC2)c2cc(C3(C#N)CCC(C)CC3)ccc12. The molecule has 0 aliphatic heterocycles. The van der Waals surface area contributed by atoms with E-state index in [1.54, 1.807) is 0 Å². The highest BCUT2D eigenvalue weighted by molar-refractivity contribution is 5.83. The van der Waals surface area contributed by atoms with E-state index >= 15 is 0 Å². The number of hydrogen-bond donors (Lipinski definition) is 0. The monoisotopic (exact) mass is 349 g/mol. The second kappa shape index (κ2) is 7.06. The molecule has 0 amide bonds. The summed E-state index contributed by atoms with van der Waals surface area (Å²) in [4.78, 5) is 0. The Morgan fingerprint density at radius 3 is 2.54 bits per heavy atom.